The zero-order chi connectivity index (χ0) is 26.3. The van der Waals surface area contributed by atoms with Gasteiger partial charge in [0.1, 0.15) is 5.69 Å². The van der Waals surface area contributed by atoms with Crippen LogP contribution in [0.1, 0.15) is 40.8 Å². The maximum Gasteiger partial charge on any atom is 0.416 e. The molecule has 1 aliphatic rings. The number of benzene rings is 2. The first-order chi connectivity index (χ1) is 18.3. The van der Waals surface area contributed by atoms with Gasteiger partial charge in [0, 0.05) is 18.4 Å². The molecule has 0 amide bonds. The normalized spacial score (nSPS) is 14.2. The summed E-state index contributed by atoms with van der Waals surface area (Å²) >= 11 is 0. The van der Waals surface area contributed by atoms with E-state index in [2.05, 4.69) is 37.3 Å². The SMILES string of the molecule is Cc1ccc2c(Nc3cc(CN4CCCC4)cc(C(F)(F)F)c3)noc2c1C#Cc1cnc2cccnn12. The molecular formula is C28H23F3N6O. The molecule has 1 fully saturated rings. The maximum absolute atomic E-state index is 13.7. The van der Waals surface area contributed by atoms with E-state index in [9.17, 15) is 13.2 Å². The van der Waals surface area contributed by atoms with E-state index in [-0.39, 0.29) is 0 Å². The number of halogens is 3. The fourth-order valence-electron chi connectivity index (χ4n) is 4.74. The lowest BCUT2D eigenvalue weighted by Crippen LogP contribution is -2.19. The van der Waals surface area contributed by atoms with Gasteiger partial charge in [0.2, 0.25) is 0 Å². The summed E-state index contributed by atoms with van der Waals surface area (Å²) in [5.41, 5.74) is 3.46. The Labute approximate surface area is 216 Å². The van der Waals surface area contributed by atoms with Crippen molar-refractivity contribution < 1.29 is 17.7 Å². The Hall–Kier alpha value is -4.36. The average molecular weight is 517 g/mol. The third kappa shape index (κ3) is 4.68. The van der Waals surface area contributed by atoms with Crippen molar-refractivity contribution in [2.75, 3.05) is 18.4 Å². The van der Waals surface area contributed by atoms with Crippen molar-refractivity contribution >= 4 is 28.1 Å². The van der Waals surface area contributed by atoms with Gasteiger partial charge in [-0.2, -0.15) is 18.3 Å². The van der Waals surface area contributed by atoms with Crippen LogP contribution < -0.4 is 5.32 Å². The van der Waals surface area contributed by atoms with Gasteiger partial charge < -0.3 is 9.84 Å². The number of aryl methyl sites for hydroxylation is 1. The molecule has 10 heteroatoms. The van der Waals surface area contributed by atoms with Gasteiger partial charge in [0.05, 0.1) is 22.7 Å². The zero-order valence-corrected chi connectivity index (χ0v) is 20.5. The number of fused-ring (bicyclic) bond motifs is 2. The van der Waals surface area contributed by atoms with E-state index in [4.69, 9.17) is 4.52 Å². The predicted octanol–water partition coefficient (Wildman–Crippen LogP) is 5.94. The molecule has 1 saturated heterocycles. The molecule has 5 aromatic rings. The van der Waals surface area contributed by atoms with Gasteiger partial charge >= 0.3 is 6.18 Å². The fourth-order valence-corrected chi connectivity index (χ4v) is 4.74. The van der Waals surface area contributed by atoms with E-state index >= 15 is 0 Å². The molecule has 7 nitrogen and oxygen atoms in total. The number of likely N-dealkylation sites (tertiary alicyclic amines) is 1. The van der Waals surface area contributed by atoms with Crippen LogP contribution in [0.5, 0.6) is 0 Å². The maximum atomic E-state index is 13.7. The molecule has 0 atom stereocenters. The number of aromatic nitrogens is 4. The van der Waals surface area contributed by atoms with Gasteiger partial charge in [-0.15, -0.1) is 0 Å². The van der Waals surface area contributed by atoms with Crippen LogP contribution in [0, 0.1) is 18.8 Å². The number of hydrogen-bond acceptors (Lipinski definition) is 6. The average Bonchev–Trinajstić information content (AvgIpc) is 3.64. The number of anilines is 2. The van der Waals surface area contributed by atoms with Crippen molar-refractivity contribution in [2.24, 2.45) is 0 Å². The molecule has 0 saturated carbocycles. The molecule has 1 N–H and O–H groups in total. The number of alkyl halides is 3. The lowest BCUT2D eigenvalue weighted by molar-refractivity contribution is -0.137. The van der Waals surface area contributed by atoms with E-state index in [0.29, 0.717) is 51.5 Å². The van der Waals surface area contributed by atoms with Gasteiger partial charge in [-0.1, -0.05) is 17.1 Å². The molecule has 2 aromatic carbocycles. The number of nitrogens with one attached hydrogen (secondary N) is 1. The van der Waals surface area contributed by atoms with Gasteiger partial charge in [0.25, 0.3) is 0 Å². The first kappa shape index (κ1) is 24.0. The summed E-state index contributed by atoms with van der Waals surface area (Å²) in [6.07, 6.45) is 0.965. The third-order valence-corrected chi connectivity index (χ3v) is 6.63. The van der Waals surface area contributed by atoms with Crippen LogP contribution in [-0.2, 0) is 12.7 Å². The van der Waals surface area contributed by atoms with Gasteiger partial charge in [-0.25, -0.2) is 9.50 Å². The smallest absolute Gasteiger partial charge is 0.353 e. The van der Waals surface area contributed by atoms with E-state index in [1.54, 1.807) is 29.0 Å². The van der Waals surface area contributed by atoms with Crippen molar-refractivity contribution in [1.29, 1.82) is 0 Å². The Kier molecular flexibility index (Phi) is 6.00. The monoisotopic (exact) mass is 516 g/mol. The molecule has 3 aromatic heterocycles. The zero-order valence-electron chi connectivity index (χ0n) is 20.5. The van der Waals surface area contributed by atoms with E-state index in [1.807, 2.05) is 25.1 Å². The Morgan fingerprint density at radius 1 is 1.08 bits per heavy atom. The molecule has 6 rings (SSSR count). The predicted molar refractivity (Wildman–Crippen MR) is 137 cm³/mol. The Balaban J connectivity index is 1.35. The largest absolute Gasteiger partial charge is 0.416 e. The van der Waals surface area contributed by atoms with Gasteiger partial charge in [-0.05, 0) is 86.3 Å². The summed E-state index contributed by atoms with van der Waals surface area (Å²) in [7, 11) is 0. The molecular weight excluding hydrogens is 493 g/mol. The van der Waals surface area contributed by atoms with Crippen LogP contribution in [0.2, 0.25) is 0 Å². The lowest BCUT2D eigenvalue weighted by Gasteiger charge is -2.17. The van der Waals surface area contributed by atoms with Crippen LogP contribution in [0.25, 0.3) is 16.6 Å². The van der Waals surface area contributed by atoms with Crippen LogP contribution in [0.15, 0.2) is 59.4 Å². The van der Waals surface area contributed by atoms with Crippen molar-refractivity contribution in [3.63, 3.8) is 0 Å². The highest BCUT2D eigenvalue weighted by Crippen LogP contribution is 2.35. The van der Waals surface area contributed by atoms with Crippen LogP contribution in [0.3, 0.4) is 0 Å². The van der Waals surface area contributed by atoms with Crippen LogP contribution >= 0.6 is 0 Å². The summed E-state index contributed by atoms with van der Waals surface area (Å²) in [5, 5.41) is 12.1. The molecule has 0 aliphatic carbocycles. The number of rotatable bonds is 4. The molecule has 0 spiro atoms. The molecule has 0 bridgehead atoms. The first-order valence-corrected chi connectivity index (χ1v) is 12.3. The molecule has 0 radical (unpaired) electrons. The summed E-state index contributed by atoms with van der Waals surface area (Å²) < 4.78 is 48.3. The van der Waals surface area contributed by atoms with Crippen LogP contribution in [0.4, 0.5) is 24.7 Å². The highest BCUT2D eigenvalue weighted by atomic mass is 19.4. The molecule has 192 valence electrons. The number of hydrogen-bond donors (Lipinski definition) is 1. The summed E-state index contributed by atoms with van der Waals surface area (Å²) in [5.74, 6) is 6.56. The topological polar surface area (TPSA) is 71.5 Å². The second-order valence-corrected chi connectivity index (χ2v) is 9.38. The second kappa shape index (κ2) is 9.50. The minimum absolute atomic E-state index is 0.300. The standard InChI is InChI=1S/C28H23F3N6O/c1-18-6-8-24-26(23(18)9-7-22-16-32-25-5-4-10-33-37(22)25)38-35-27(24)34-21-14-19(17-36-11-2-3-12-36)13-20(15-21)28(29,30)31/h4-6,8,10,13-16H,2-3,11-12,17H2,1H3,(H,34,35). The van der Waals surface area contributed by atoms with Crippen molar-refractivity contribution in [1.82, 2.24) is 24.7 Å². The van der Waals surface area contributed by atoms with E-state index in [1.165, 1.54) is 6.07 Å². The quantitative estimate of drug-likeness (QED) is 0.298. The van der Waals surface area contributed by atoms with E-state index < -0.39 is 11.7 Å². The third-order valence-electron chi connectivity index (χ3n) is 6.63. The Morgan fingerprint density at radius 2 is 1.92 bits per heavy atom. The molecule has 38 heavy (non-hydrogen) atoms. The second-order valence-electron chi connectivity index (χ2n) is 9.38. The summed E-state index contributed by atoms with van der Waals surface area (Å²) in [6.45, 7) is 4.15. The van der Waals surface area contributed by atoms with E-state index in [0.717, 1.165) is 37.6 Å². The number of nitrogens with zero attached hydrogens (tertiary/aromatic N) is 5. The summed E-state index contributed by atoms with van der Waals surface area (Å²) in [4.78, 5) is 6.46. The summed E-state index contributed by atoms with van der Waals surface area (Å²) in [6, 6.07) is 11.4. The minimum Gasteiger partial charge on any atom is -0.353 e. The van der Waals surface area contributed by atoms with Gasteiger partial charge in [0.15, 0.2) is 17.0 Å². The van der Waals surface area contributed by atoms with Gasteiger partial charge in [-0.3, -0.25) is 4.90 Å². The molecule has 4 heterocycles. The minimum atomic E-state index is -4.46. The fraction of sp³-hybridized carbons (Fsp3) is 0.250. The highest BCUT2D eigenvalue weighted by molar-refractivity contribution is 5.94. The van der Waals surface area contributed by atoms with Crippen molar-refractivity contribution in [2.45, 2.75) is 32.5 Å². The molecule has 0 unspecified atom stereocenters. The van der Waals surface area contributed by atoms with Crippen molar-refractivity contribution in [3.05, 3.63) is 82.8 Å². The lowest BCUT2D eigenvalue weighted by atomic mass is 10.1. The Morgan fingerprint density at radius 3 is 2.74 bits per heavy atom. The first-order valence-electron chi connectivity index (χ1n) is 12.3. The highest BCUT2D eigenvalue weighted by Gasteiger charge is 2.31. The van der Waals surface area contributed by atoms with Crippen LogP contribution in [-0.4, -0.2) is 37.7 Å². The Bertz CT molecular complexity index is 1700. The number of imidazole rings is 1. The van der Waals surface area contributed by atoms with Crippen molar-refractivity contribution in [3.8, 4) is 11.8 Å². The molecule has 1 aliphatic heterocycles.